The minimum atomic E-state index is -0.580. The summed E-state index contributed by atoms with van der Waals surface area (Å²) < 4.78 is 0. The molecule has 1 aliphatic carbocycles. The van der Waals surface area contributed by atoms with E-state index < -0.39 is 5.60 Å². The Kier molecular flexibility index (Phi) is 2.50. The van der Waals surface area contributed by atoms with Gasteiger partial charge in [0.2, 0.25) is 0 Å². The van der Waals surface area contributed by atoms with Crippen molar-refractivity contribution in [3.8, 4) is 0 Å². The van der Waals surface area contributed by atoms with Crippen molar-refractivity contribution in [2.45, 2.75) is 32.3 Å². The fraction of sp³-hybridized carbons (Fsp3) is 0.600. The highest BCUT2D eigenvalue weighted by Crippen LogP contribution is 2.28. The first kappa shape index (κ1) is 8.54. The van der Waals surface area contributed by atoms with E-state index in [1.807, 2.05) is 24.3 Å². The molecule has 1 nitrogen and oxygen atoms in total. The summed E-state index contributed by atoms with van der Waals surface area (Å²) in [6, 6.07) is 0. The van der Waals surface area contributed by atoms with Crippen LogP contribution in [-0.4, -0.2) is 10.7 Å². The second kappa shape index (κ2) is 3.22. The molecule has 0 amide bonds. The van der Waals surface area contributed by atoms with Crippen molar-refractivity contribution in [3.05, 3.63) is 24.3 Å². The van der Waals surface area contributed by atoms with Crippen molar-refractivity contribution >= 4 is 0 Å². The molecule has 0 aliphatic heterocycles. The summed E-state index contributed by atoms with van der Waals surface area (Å²) in [6.45, 7) is 4.19. The summed E-state index contributed by atoms with van der Waals surface area (Å²) >= 11 is 0. The van der Waals surface area contributed by atoms with Crippen molar-refractivity contribution in [1.29, 1.82) is 0 Å². The van der Waals surface area contributed by atoms with Gasteiger partial charge in [-0.25, -0.2) is 0 Å². The van der Waals surface area contributed by atoms with Crippen molar-refractivity contribution in [2.75, 3.05) is 0 Å². The summed E-state index contributed by atoms with van der Waals surface area (Å²) in [5.41, 5.74) is -0.580. The van der Waals surface area contributed by atoms with Crippen LogP contribution in [0.4, 0.5) is 0 Å². The smallest absolute Gasteiger partial charge is 0.0890 e. The van der Waals surface area contributed by atoms with Crippen LogP contribution in [-0.2, 0) is 0 Å². The molecule has 0 bridgehead atoms. The number of hydrogen-bond donors (Lipinski definition) is 1. The van der Waals surface area contributed by atoms with Crippen molar-refractivity contribution in [2.24, 2.45) is 5.92 Å². The number of allylic oxidation sites excluding steroid dienone is 2. The maximum atomic E-state index is 10.0. The standard InChI is InChI=1S/C10H16O/c1-3-9(2)10(11)7-5-4-6-8-10/h4-7,9,11H,3,8H2,1-2H3. The van der Waals surface area contributed by atoms with Crippen LogP contribution in [0, 0.1) is 5.92 Å². The average Bonchev–Trinajstić information content (AvgIpc) is 2.04. The molecule has 0 heterocycles. The molecule has 2 unspecified atom stereocenters. The van der Waals surface area contributed by atoms with Crippen LogP contribution in [0.15, 0.2) is 24.3 Å². The molecule has 0 spiro atoms. The lowest BCUT2D eigenvalue weighted by Crippen LogP contribution is -2.34. The molecular formula is C10H16O. The number of hydrogen-bond acceptors (Lipinski definition) is 1. The summed E-state index contributed by atoms with van der Waals surface area (Å²) in [6.07, 6.45) is 9.62. The first-order valence-corrected chi connectivity index (χ1v) is 4.26. The van der Waals surface area contributed by atoms with Crippen LogP contribution in [0.5, 0.6) is 0 Å². The van der Waals surface area contributed by atoms with Gasteiger partial charge in [0.15, 0.2) is 0 Å². The predicted molar refractivity (Wildman–Crippen MR) is 47.3 cm³/mol. The summed E-state index contributed by atoms with van der Waals surface area (Å²) in [4.78, 5) is 0. The zero-order chi connectivity index (χ0) is 8.32. The van der Waals surface area contributed by atoms with Gasteiger partial charge in [0.1, 0.15) is 0 Å². The molecule has 0 aromatic rings. The van der Waals surface area contributed by atoms with E-state index >= 15 is 0 Å². The van der Waals surface area contributed by atoms with E-state index in [1.165, 1.54) is 0 Å². The van der Waals surface area contributed by atoms with Gasteiger partial charge in [-0.3, -0.25) is 0 Å². The molecule has 0 aromatic heterocycles. The van der Waals surface area contributed by atoms with Gasteiger partial charge in [-0.2, -0.15) is 0 Å². The molecule has 0 radical (unpaired) electrons. The lowest BCUT2D eigenvalue weighted by Gasteiger charge is -2.31. The molecule has 2 atom stereocenters. The van der Waals surface area contributed by atoms with Crippen LogP contribution in [0.25, 0.3) is 0 Å². The topological polar surface area (TPSA) is 20.2 Å². The van der Waals surface area contributed by atoms with Crippen LogP contribution < -0.4 is 0 Å². The SMILES string of the molecule is CCC(C)C1(O)C=CC=CC1. The van der Waals surface area contributed by atoms with Gasteiger partial charge in [-0.05, 0) is 12.3 Å². The molecule has 1 heteroatoms. The summed E-state index contributed by atoms with van der Waals surface area (Å²) in [5, 5.41) is 10.0. The van der Waals surface area contributed by atoms with E-state index in [2.05, 4.69) is 13.8 Å². The Morgan fingerprint density at radius 3 is 2.73 bits per heavy atom. The molecular weight excluding hydrogens is 136 g/mol. The third-order valence-corrected chi connectivity index (χ3v) is 2.54. The van der Waals surface area contributed by atoms with Crippen LogP contribution in [0.3, 0.4) is 0 Å². The molecule has 1 N–H and O–H groups in total. The molecule has 11 heavy (non-hydrogen) atoms. The first-order chi connectivity index (χ1) is 5.19. The van der Waals surface area contributed by atoms with E-state index in [0.29, 0.717) is 5.92 Å². The molecule has 0 fully saturated rings. The Morgan fingerprint density at radius 1 is 1.55 bits per heavy atom. The van der Waals surface area contributed by atoms with Gasteiger partial charge >= 0.3 is 0 Å². The Bertz CT molecular complexity index is 181. The predicted octanol–water partition coefficient (Wildman–Crippen LogP) is 2.28. The molecule has 0 saturated carbocycles. The Labute approximate surface area is 68.4 Å². The quantitative estimate of drug-likeness (QED) is 0.643. The van der Waals surface area contributed by atoms with Gasteiger partial charge in [-0.15, -0.1) is 0 Å². The van der Waals surface area contributed by atoms with Crippen LogP contribution in [0.2, 0.25) is 0 Å². The average molecular weight is 152 g/mol. The molecule has 62 valence electrons. The van der Waals surface area contributed by atoms with E-state index in [4.69, 9.17) is 0 Å². The molecule has 0 saturated heterocycles. The zero-order valence-electron chi connectivity index (χ0n) is 7.25. The third-order valence-electron chi connectivity index (χ3n) is 2.54. The molecule has 1 rings (SSSR count). The highest BCUT2D eigenvalue weighted by molar-refractivity contribution is 5.18. The second-order valence-electron chi connectivity index (χ2n) is 3.29. The summed E-state index contributed by atoms with van der Waals surface area (Å²) in [7, 11) is 0. The number of rotatable bonds is 2. The highest BCUT2D eigenvalue weighted by atomic mass is 16.3. The minimum Gasteiger partial charge on any atom is -0.385 e. The Morgan fingerprint density at radius 2 is 2.27 bits per heavy atom. The largest absolute Gasteiger partial charge is 0.385 e. The fourth-order valence-electron chi connectivity index (χ4n) is 1.34. The summed E-state index contributed by atoms with van der Waals surface area (Å²) in [5.74, 6) is 0.351. The van der Waals surface area contributed by atoms with Crippen LogP contribution >= 0.6 is 0 Å². The lowest BCUT2D eigenvalue weighted by atomic mass is 9.82. The molecule has 0 aromatic carbocycles. The Balaban J connectivity index is 2.67. The minimum absolute atomic E-state index is 0.351. The van der Waals surface area contributed by atoms with Gasteiger partial charge in [0, 0.05) is 0 Å². The van der Waals surface area contributed by atoms with Gasteiger partial charge in [-0.1, -0.05) is 44.6 Å². The van der Waals surface area contributed by atoms with E-state index in [0.717, 1.165) is 12.8 Å². The maximum absolute atomic E-state index is 10.0. The van der Waals surface area contributed by atoms with E-state index in [1.54, 1.807) is 0 Å². The van der Waals surface area contributed by atoms with Crippen molar-refractivity contribution < 1.29 is 5.11 Å². The van der Waals surface area contributed by atoms with Crippen molar-refractivity contribution in [1.82, 2.24) is 0 Å². The van der Waals surface area contributed by atoms with E-state index in [-0.39, 0.29) is 0 Å². The lowest BCUT2D eigenvalue weighted by molar-refractivity contribution is 0.0358. The van der Waals surface area contributed by atoms with Crippen LogP contribution in [0.1, 0.15) is 26.7 Å². The highest BCUT2D eigenvalue weighted by Gasteiger charge is 2.28. The molecule has 1 aliphatic rings. The first-order valence-electron chi connectivity index (χ1n) is 4.26. The second-order valence-corrected chi connectivity index (χ2v) is 3.29. The zero-order valence-corrected chi connectivity index (χ0v) is 7.25. The normalized spacial score (nSPS) is 32.3. The van der Waals surface area contributed by atoms with Gasteiger partial charge in [0.25, 0.3) is 0 Å². The van der Waals surface area contributed by atoms with Gasteiger partial charge < -0.3 is 5.11 Å². The van der Waals surface area contributed by atoms with Crippen molar-refractivity contribution in [3.63, 3.8) is 0 Å². The van der Waals surface area contributed by atoms with E-state index in [9.17, 15) is 5.11 Å². The van der Waals surface area contributed by atoms with Gasteiger partial charge in [0.05, 0.1) is 5.60 Å². The number of aliphatic hydroxyl groups is 1. The fourth-order valence-corrected chi connectivity index (χ4v) is 1.34. The maximum Gasteiger partial charge on any atom is 0.0890 e. The Hall–Kier alpha value is -0.560. The monoisotopic (exact) mass is 152 g/mol. The third kappa shape index (κ3) is 1.72.